The average Bonchev–Trinajstić information content (AvgIpc) is 3.06. The Hall–Kier alpha value is -1.85. The minimum absolute atomic E-state index is 0.148. The molecule has 6 heteroatoms. The van der Waals surface area contributed by atoms with Gasteiger partial charge in [-0.15, -0.1) is 0 Å². The van der Waals surface area contributed by atoms with Gasteiger partial charge in [0.2, 0.25) is 5.91 Å². The van der Waals surface area contributed by atoms with Crippen molar-refractivity contribution in [1.82, 2.24) is 14.7 Å². The Morgan fingerprint density at radius 2 is 2.04 bits per heavy atom. The molecule has 2 rings (SSSR count). The molecule has 2 heterocycles. The number of aromatic carboxylic acids is 1. The van der Waals surface area contributed by atoms with Gasteiger partial charge in [-0.2, -0.15) is 5.10 Å². The molecule has 23 heavy (non-hydrogen) atoms. The van der Waals surface area contributed by atoms with Crippen LogP contribution in [0.4, 0.5) is 0 Å². The lowest BCUT2D eigenvalue weighted by Gasteiger charge is -2.34. The van der Waals surface area contributed by atoms with Gasteiger partial charge in [0.15, 0.2) is 0 Å². The maximum absolute atomic E-state index is 12.6. The number of aromatic nitrogens is 2. The zero-order chi connectivity index (χ0) is 16.8. The van der Waals surface area contributed by atoms with Crippen molar-refractivity contribution in [1.29, 1.82) is 0 Å². The van der Waals surface area contributed by atoms with Crippen LogP contribution in [0.5, 0.6) is 0 Å². The number of unbranched alkanes of at least 4 members (excludes halogenated alkanes) is 1. The van der Waals surface area contributed by atoms with Crippen LogP contribution in [0.25, 0.3) is 0 Å². The van der Waals surface area contributed by atoms with E-state index >= 15 is 0 Å². The number of amides is 1. The zero-order valence-corrected chi connectivity index (χ0v) is 14.1. The van der Waals surface area contributed by atoms with Crippen LogP contribution in [-0.4, -0.2) is 44.8 Å². The summed E-state index contributed by atoms with van der Waals surface area (Å²) in [5, 5.41) is 13.1. The number of nitrogens with zero attached hydrogens (tertiary/aromatic N) is 3. The maximum atomic E-state index is 12.6. The van der Waals surface area contributed by atoms with Crippen LogP contribution in [0, 0.1) is 5.92 Å². The van der Waals surface area contributed by atoms with Crippen molar-refractivity contribution in [2.75, 3.05) is 13.1 Å². The van der Waals surface area contributed by atoms with E-state index in [0.29, 0.717) is 0 Å². The Labute approximate surface area is 137 Å². The second-order valence-electron chi connectivity index (χ2n) is 6.32. The molecule has 1 N–H and O–H groups in total. The molecule has 6 nitrogen and oxygen atoms in total. The third-order valence-electron chi connectivity index (χ3n) is 4.75. The summed E-state index contributed by atoms with van der Waals surface area (Å²) in [5.74, 6) is -0.522. The van der Waals surface area contributed by atoms with Gasteiger partial charge in [-0.05, 0) is 25.7 Å². The average molecular weight is 321 g/mol. The quantitative estimate of drug-likeness (QED) is 0.837. The molecule has 1 aliphatic rings. The minimum Gasteiger partial charge on any atom is -0.478 e. The number of hydrogen-bond donors (Lipinski definition) is 1. The predicted octanol–water partition coefficient (Wildman–Crippen LogP) is 2.96. The van der Waals surface area contributed by atoms with Gasteiger partial charge in [0.05, 0.1) is 17.8 Å². The first-order valence-corrected chi connectivity index (χ1v) is 8.63. The number of piperidine rings is 1. The number of likely N-dealkylation sites (tertiary alicyclic amines) is 1. The van der Waals surface area contributed by atoms with Crippen LogP contribution in [-0.2, 0) is 4.79 Å². The smallest absolute Gasteiger partial charge is 0.338 e. The highest BCUT2D eigenvalue weighted by Gasteiger charge is 2.28. The summed E-state index contributed by atoms with van der Waals surface area (Å²) in [6.45, 7) is 5.70. The molecule has 1 aliphatic heterocycles. The molecule has 1 saturated heterocycles. The van der Waals surface area contributed by atoms with Crippen LogP contribution in [0.2, 0.25) is 0 Å². The summed E-state index contributed by atoms with van der Waals surface area (Å²) in [4.78, 5) is 25.5. The van der Waals surface area contributed by atoms with E-state index in [1.807, 2.05) is 4.90 Å². The number of carbonyl (C=O) groups is 2. The molecule has 0 saturated carbocycles. The van der Waals surface area contributed by atoms with E-state index in [-0.39, 0.29) is 23.4 Å². The van der Waals surface area contributed by atoms with Gasteiger partial charge in [0.1, 0.15) is 0 Å². The summed E-state index contributed by atoms with van der Waals surface area (Å²) < 4.78 is 1.74. The van der Waals surface area contributed by atoms with E-state index in [1.165, 1.54) is 6.20 Å². The van der Waals surface area contributed by atoms with Crippen molar-refractivity contribution in [2.24, 2.45) is 5.92 Å². The van der Waals surface area contributed by atoms with Crippen molar-refractivity contribution in [3.63, 3.8) is 0 Å². The van der Waals surface area contributed by atoms with Gasteiger partial charge >= 0.3 is 5.97 Å². The summed E-state index contributed by atoms with van der Waals surface area (Å²) in [5.41, 5.74) is 0.217. The standard InChI is InChI=1S/C17H27N3O3/c1-3-5-6-13(4-2)16(21)19-9-7-15(8-10-19)20-12-14(11-18-20)17(22)23/h11-13,15H,3-10H2,1-2H3,(H,22,23). The third-order valence-corrected chi connectivity index (χ3v) is 4.75. The number of carboxylic acid groups (broad SMARTS) is 1. The minimum atomic E-state index is -0.953. The topological polar surface area (TPSA) is 75.4 Å². The molecule has 0 bridgehead atoms. The fourth-order valence-electron chi connectivity index (χ4n) is 3.21. The molecule has 0 aromatic carbocycles. The number of carbonyl (C=O) groups excluding carboxylic acids is 1. The molecular formula is C17H27N3O3. The highest BCUT2D eigenvalue weighted by Crippen LogP contribution is 2.25. The van der Waals surface area contributed by atoms with Gasteiger partial charge < -0.3 is 10.0 Å². The predicted molar refractivity (Wildman–Crippen MR) is 87.3 cm³/mol. The Kier molecular flexibility index (Phi) is 6.19. The number of hydrogen-bond acceptors (Lipinski definition) is 3. The van der Waals surface area contributed by atoms with Crippen LogP contribution < -0.4 is 0 Å². The summed E-state index contributed by atoms with van der Waals surface area (Å²) in [7, 11) is 0. The Morgan fingerprint density at radius 1 is 1.35 bits per heavy atom. The van der Waals surface area contributed by atoms with E-state index < -0.39 is 5.97 Å². The molecule has 1 atom stereocenters. The molecule has 1 aromatic heterocycles. The second-order valence-corrected chi connectivity index (χ2v) is 6.32. The van der Waals surface area contributed by atoms with Crippen LogP contribution in [0.15, 0.2) is 12.4 Å². The van der Waals surface area contributed by atoms with E-state index in [9.17, 15) is 9.59 Å². The summed E-state index contributed by atoms with van der Waals surface area (Å²) >= 11 is 0. The molecule has 0 aliphatic carbocycles. The van der Waals surface area contributed by atoms with Crippen molar-refractivity contribution < 1.29 is 14.7 Å². The highest BCUT2D eigenvalue weighted by molar-refractivity contribution is 5.86. The van der Waals surface area contributed by atoms with Crippen LogP contribution >= 0.6 is 0 Å². The maximum Gasteiger partial charge on any atom is 0.338 e. The first-order chi connectivity index (χ1) is 11.1. The summed E-state index contributed by atoms with van der Waals surface area (Å²) in [6, 6.07) is 0.183. The normalized spacial score (nSPS) is 17.2. The highest BCUT2D eigenvalue weighted by atomic mass is 16.4. The molecule has 1 fully saturated rings. The molecule has 1 amide bonds. The Morgan fingerprint density at radius 3 is 2.57 bits per heavy atom. The molecule has 0 radical (unpaired) electrons. The largest absolute Gasteiger partial charge is 0.478 e. The van der Waals surface area contributed by atoms with Crippen molar-refractivity contribution in [3.05, 3.63) is 18.0 Å². The van der Waals surface area contributed by atoms with Crippen molar-refractivity contribution in [3.8, 4) is 0 Å². The molecule has 1 aromatic rings. The lowest BCUT2D eigenvalue weighted by atomic mass is 9.96. The molecule has 128 valence electrons. The second kappa shape index (κ2) is 8.13. The van der Waals surface area contributed by atoms with Crippen LogP contribution in [0.1, 0.15) is 68.8 Å². The van der Waals surface area contributed by atoms with E-state index in [2.05, 4.69) is 18.9 Å². The van der Waals surface area contributed by atoms with Crippen molar-refractivity contribution >= 4 is 11.9 Å². The molecular weight excluding hydrogens is 294 g/mol. The third kappa shape index (κ3) is 4.33. The summed E-state index contributed by atoms with van der Waals surface area (Å²) in [6.07, 6.45) is 8.74. The SMILES string of the molecule is CCCCC(CC)C(=O)N1CCC(n2cc(C(=O)O)cn2)CC1. The lowest BCUT2D eigenvalue weighted by Crippen LogP contribution is -2.42. The van der Waals surface area contributed by atoms with Crippen LogP contribution in [0.3, 0.4) is 0 Å². The monoisotopic (exact) mass is 321 g/mol. The van der Waals surface area contributed by atoms with Gasteiger partial charge in [0.25, 0.3) is 0 Å². The fraction of sp³-hybridized carbons (Fsp3) is 0.706. The van der Waals surface area contributed by atoms with Gasteiger partial charge in [-0.1, -0.05) is 26.7 Å². The van der Waals surface area contributed by atoms with E-state index in [1.54, 1.807) is 10.9 Å². The first-order valence-electron chi connectivity index (χ1n) is 8.63. The molecule has 1 unspecified atom stereocenters. The Balaban J connectivity index is 1.89. The van der Waals surface area contributed by atoms with Crippen molar-refractivity contribution in [2.45, 2.75) is 58.4 Å². The van der Waals surface area contributed by atoms with E-state index in [4.69, 9.17) is 5.11 Å². The zero-order valence-electron chi connectivity index (χ0n) is 14.1. The fourth-order valence-corrected chi connectivity index (χ4v) is 3.21. The lowest BCUT2D eigenvalue weighted by molar-refractivity contribution is -0.137. The number of carboxylic acids is 1. The van der Waals surface area contributed by atoms with Gasteiger partial charge in [0, 0.05) is 25.2 Å². The Bertz CT molecular complexity index is 533. The first kappa shape index (κ1) is 17.5. The van der Waals surface area contributed by atoms with E-state index in [0.717, 1.165) is 51.6 Å². The molecule has 0 spiro atoms. The van der Waals surface area contributed by atoms with Gasteiger partial charge in [-0.3, -0.25) is 9.48 Å². The number of rotatable bonds is 7. The van der Waals surface area contributed by atoms with Gasteiger partial charge in [-0.25, -0.2) is 4.79 Å².